The summed E-state index contributed by atoms with van der Waals surface area (Å²) in [7, 11) is 0. The van der Waals surface area contributed by atoms with Crippen LogP contribution in [0.15, 0.2) is 6.20 Å². The molecule has 0 spiro atoms. The number of hydrogen-bond donors (Lipinski definition) is 2. The summed E-state index contributed by atoms with van der Waals surface area (Å²) < 4.78 is 1.72. The molecule has 0 atom stereocenters. The Hall–Kier alpha value is -1.92. The molecule has 146 valence electrons. The SMILES string of the molecule is CC(C)CCCn1cc(C(=O)NCCCCNC(=O)CC(C)C)nn1.[HH].[HH]. The zero-order chi connectivity index (χ0) is 18.7. The van der Waals surface area contributed by atoms with Gasteiger partial charge in [0, 0.05) is 28.9 Å². The molecule has 0 aromatic carbocycles. The molecule has 0 radical (unpaired) electrons. The van der Waals surface area contributed by atoms with Crippen molar-refractivity contribution in [3.05, 3.63) is 11.9 Å². The van der Waals surface area contributed by atoms with Crippen molar-refractivity contribution in [3.8, 4) is 0 Å². The normalized spacial score (nSPS) is 11.1. The molecule has 7 nitrogen and oxygen atoms in total. The fraction of sp³-hybridized carbons (Fsp3) is 0.778. The summed E-state index contributed by atoms with van der Waals surface area (Å²) in [5.74, 6) is 0.937. The molecule has 25 heavy (non-hydrogen) atoms. The van der Waals surface area contributed by atoms with Gasteiger partial charge in [0.05, 0.1) is 6.20 Å². The molecule has 0 aliphatic rings. The summed E-state index contributed by atoms with van der Waals surface area (Å²) in [5, 5.41) is 13.6. The number of unbranched alkanes of at least 4 members (excludes halogenated alkanes) is 1. The maximum atomic E-state index is 12.0. The van der Waals surface area contributed by atoms with E-state index in [4.69, 9.17) is 0 Å². The number of aryl methyl sites for hydroxylation is 1. The zero-order valence-electron chi connectivity index (χ0n) is 16.0. The molecule has 0 aliphatic heterocycles. The van der Waals surface area contributed by atoms with Gasteiger partial charge < -0.3 is 10.6 Å². The van der Waals surface area contributed by atoms with Crippen LogP contribution in [0.3, 0.4) is 0 Å². The lowest BCUT2D eigenvalue weighted by Crippen LogP contribution is -2.28. The van der Waals surface area contributed by atoms with Crippen LogP contribution in [0.2, 0.25) is 0 Å². The van der Waals surface area contributed by atoms with Gasteiger partial charge in [0.25, 0.3) is 5.91 Å². The lowest BCUT2D eigenvalue weighted by Gasteiger charge is -2.07. The van der Waals surface area contributed by atoms with Crippen LogP contribution in [-0.4, -0.2) is 39.9 Å². The van der Waals surface area contributed by atoms with Crippen molar-refractivity contribution >= 4 is 11.8 Å². The molecule has 0 saturated carbocycles. The number of carbonyl (C=O) groups is 2. The summed E-state index contributed by atoms with van der Waals surface area (Å²) in [6, 6.07) is 0. The minimum absolute atomic E-state index is 0. The largest absolute Gasteiger partial charge is 0.356 e. The summed E-state index contributed by atoms with van der Waals surface area (Å²) >= 11 is 0. The molecule has 1 rings (SSSR count). The van der Waals surface area contributed by atoms with Crippen LogP contribution in [0.25, 0.3) is 0 Å². The van der Waals surface area contributed by atoms with Crippen LogP contribution in [0.5, 0.6) is 0 Å². The molecule has 0 saturated heterocycles. The van der Waals surface area contributed by atoms with Gasteiger partial charge in [-0.15, -0.1) is 5.10 Å². The first kappa shape index (κ1) is 21.1. The average molecular weight is 356 g/mol. The summed E-state index contributed by atoms with van der Waals surface area (Å²) in [6.45, 7) is 10.4. The van der Waals surface area contributed by atoms with E-state index < -0.39 is 0 Å². The molecule has 2 N–H and O–H groups in total. The minimum Gasteiger partial charge on any atom is -0.356 e. The molecular weight excluding hydrogens is 318 g/mol. The first-order valence-corrected chi connectivity index (χ1v) is 9.33. The predicted molar refractivity (Wildman–Crippen MR) is 102 cm³/mol. The molecule has 1 aromatic heterocycles. The van der Waals surface area contributed by atoms with Gasteiger partial charge in [-0.2, -0.15) is 0 Å². The van der Waals surface area contributed by atoms with Gasteiger partial charge in [0.15, 0.2) is 5.69 Å². The first-order valence-electron chi connectivity index (χ1n) is 9.33. The van der Waals surface area contributed by atoms with Gasteiger partial charge in [0.2, 0.25) is 5.91 Å². The van der Waals surface area contributed by atoms with Crippen molar-refractivity contribution in [2.45, 2.75) is 66.3 Å². The molecule has 0 bridgehead atoms. The highest BCUT2D eigenvalue weighted by Crippen LogP contribution is 2.05. The highest BCUT2D eigenvalue weighted by molar-refractivity contribution is 5.91. The molecule has 0 unspecified atom stereocenters. The van der Waals surface area contributed by atoms with Gasteiger partial charge in [-0.25, -0.2) is 0 Å². The first-order chi connectivity index (χ1) is 11.9. The third-order valence-electron chi connectivity index (χ3n) is 3.74. The second kappa shape index (κ2) is 11.6. The number of nitrogens with one attached hydrogen (secondary N) is 2. The number of amides is 2. The number of hydrogen-bond acceptors (Lipinski definition) is 4. The average Bonchev–Trinajstić information content (AvgIpc) is 2.98. The van der Waals surface area contributed by atoms with Crippen molar-refractivity contribution in [2.75, 3.05) is 13.1 Å². The van der Waals surface area contributed by atoms with Gasteiger partial charge in [0.1, 0.15) is 0 Å². The highest BCUT2D eigenvalue weighted by Gasteiger charge is 2.10. The Bertz CT molecular complexity index is 536. The van der Waals surface area contributed by atoms with E-state index >= 15 is 0 Å². The molecule has 7 heteroatoms. The Kier molecular flexibility index (Phi) is 9.80. The van der Waals surface area contributed by atoms with Crippen LogP contribution in [-0.2, 0) is 11.3 Å². The van der Waals surface area contributed by atoms with Crippen LogP contribution in [0, 0.1) is 11.8 Å². The lowest BCUT2D eigenvalue weighted by molar-refractivity contribution is -0.121. The van der Waals surface area contributed by atoms with E-state index in [-0.39, 0.29) is 14.7 Å². The van der Waals surface area contributed by atoms with Crippen molar-refractivity contribution < 1.29 is 12.4 Å². The minimum atomic E-state index is -0.195. The Labute approximate surface area is 153 Å². The summed E-state index contributed by atoms with van der Waals surface area (Å²) in [6.07, 6.45) is 6.08. The van der Waals surface area contributed by atoms with E-state index in [9.17, 15) is 9.59 Å². The summed E-state index contributed by atoms with van der Waals surface area (Å²) in [4.78, 5) is 23.5. The van der Waals surface area contributed by atoms with Crippen molar-refractivity contribution in [3.63, 3.8) is 0 Å². The third kappa shape index (κ3) is 9.84. The molecule has 0 aliphatic carbocycles. The van der Waals surface area contributed by atoms with Crippen molar-refractivity contribution in [1.82, 2.24) is 25.6 Å². The number of aromatic nitrogens is 3. The predicted octanol–water partition coefficient (Wildman–Crippen LogP) is 2.88. The topological polar surface area (TPSA) is 88.9 Å². The van der Waals surface area contributed by atoms with E-state index in [0.717, 1.165) is 32.2 Å². The van der Waals surface area contributed by atoms with E-state index in [2.05, 4.69) is 34.8 Å². The molecule has 1 aromatic rings. The van der Waals surface area contributed by atoms with Crippen molar-refractivity contribution in [2.24, 2.45) is 11.8 Å². The van der Waals surface area contributed by atoms with E-state index in [1.807, 2.05) is 13.8 Å². The number of carbonyl (C=O) groups excluding carboxylic acids is 2. The van der Waals surface area contributed by atoms with Gasteiger partial charge in [-0.1, -0.05) is 32.9 Å². The number of nitrogens with zero attached hydrogens (tertiary/aromatic N) is 3. The van der Waals surface area contributed by atoms with Gasteiger partial charge in [-0.3, -0.25) is 14.3 Å². The zero-order valence-corrected chi connectivity index (χ0v) is 16.0. The summed E-state index contributed by atoms with van der Waals surface area (Å²) in [5.41, 5.74) is 0.356. The molecule has 2 amide bonds. The van der Waals surface area contributed by atoms with Crippen molar-refractivity contribution in [1.29, 1.82) is 0 Å². The second-order valence-electron chi connectivity index (χ2n) is 7.31. The molecular formula is C18H37N5O2. The fourth-order valence-electron chi connectivity index (χ4n) is 2.39. The number of rotatable bonds is 12. The highest BCUT2D eigenvalue weighted by atomic mass is 16.2. The maximum Gasteiger partial charge on any atom is 0.273 e. The van der Waals surface area contributed by atoms with Crippen LogP contribution < -0.4 is 10.6 Å². The monoisotopic (exact) mass is 355 g/mol. The Morgan fingerprint density at radius 1 is 1.08 bits per heavy atom. The van der Waals surface area contributed by atoms with E-state index in [0.29, 0.717) is 37.0 Å². The van der Waals surface area contributed by atoms with Crippen LogP contribution in [0.4, 0.5) is 0 Å². The Morgan fingerprint density at radius 3 is 2.40 bits per heavy atom. The fourth-order valence-corrected chi connectivity index (χ4v) is 2.39. The lowest BCUT2D eigenvalue weighted by atomic mass is 10.1. The van der Waals surface area contributed by atoms with E-state index in [1.165, 1.54) is 0 Å². The third-order valence-corrected chi connectivity index (χ3v) is 3.74. The second-order valence-corrected chi connectivity index (χ2v) is 7.31. The quantitative estimate of drug-likeness (QED) is 0.564. The maximum absolute atomic E-state index is 12.0. The molecule has 1 heterocycles. The smallest absolute Gasteiger partial charge is 0.273 e. The van der Waals surface area contributed by atoms with Gasteiger partial charge in [-0.05, 0) is 37.5 Å². The Morgan fingerprint density at radius 2 is 1.76 bits per heavy atom. The Balaban J connectivity index is 0. The van der Waals surface area contributed by atoms with Gasteiger partial charge >= 0.3 is 0 Å². The van der Waals surface area contributed by atoms with E-state index in [1.54, 1.807) is 10.9 Å². The van der Waals surface area contributed by atoms with Crippen LogP contribution in [0.1, 0.15) is 73.1 Å². The standard InChI is InChI=1S/C18H33N5O2.2H2/c1-14(2)8-7-11-23-13-16(21-22-23)18(25)20-10-6-5-9-19-17(24)12-15(3)4;;/h13-15H,5-12H2,1-4H3,(H,19,24)(H,20,25);2*1H. The van der Waals surface area contributed by atoms with Crippen LogP contribution >= 0.6 is 0 Å². The molecule has 0 fully saturated rings.